The topological polar surface area (TPSA) is 42.2 Å². The van der Waals surface area contributed by atoms with E-state index in [0.29, 0.717) is 6.54 Å². The molecule has 0 aliphatic rings. The van der Waals surface area contributed by atoms with Crippen LogP contribution < -0.4 is 5.32 Å². The molecule has 0 saturated carbocycles. The molecule has 0 aromatic carbocycles. The van der Waals surface area contributed by atoms with E-state index in [1.165, 1.54) is 44.9 Å². The molecular weight excluding hydrogens is 262 g/mol. The number of nitrogens with one attached hydrogen (secondary N) is 1. The van der Waals surface area contributed by atoms with Gasteiger partial charge in [-0.1, -0.05) is 51.9 Å². The molecule has 1 rings (SSSR count). The fourth-order valence-electron chi connectivity index (χ4n) is 1.98. The molecule has 108 valence electrons. The standard InChI is InChI=1S/C15H24ClNO2/c1-2-3-4-5-6-7-8-9-12-17-15(18)13-10-11-14(16)19-13/h10-11H,2-9,12H2,1H3,(H,17,18). The number of rotatable bonds is 10. The molecule has 1 N–H and O–H groups in total. The van der Waals surface area contributed by atoms with E-state index in [2.05, 4.69) is 12.2 Å². The average Bonchev–Trinajstić information content (AvgIpc) is 2.83. The number of hydrogen-bond donors (Lipinski definition) is 1. The minimum Gasteiger partial charge on any atom is -0.440 e. The maximum absolute atomic E-state index is 11.6. The molecule has 0 saturated heterocycles. The first-order valence-corrected chi connectivity index (χ1v) is 7.65. The van der Waals surface area contributed by atoms with Crippen molar-refractivity contribution in [2.24, 2.45) is 0 Å². The molecule has 1 amide bonds. The van der Waals surface area contributed by atoms with Crippen LogP contribution in [0, 0.1) is 0 Å². The SMILES string of the molecule is CCCCCCCCCCNC(=O)c1ccc(Cl)o1. The number of unbranched alkanes of at least 4 members (excludes halogenated alkanes) is 7. The second kappa shape index (κ2) is 9.90. The number of amides is 1. The predicted molar refractivity (Wildman–Crippen MR) is 78.7 cm³/mol. The third kappa shape index (κ3) is 7.26. The van der Waals surface area contributed by atoms with Gasteiger partial charge in [-0.3, -0.25) is 4.79 Å². The summed E-state index contributed by atoms with van der Waals surface area (Å²) >= 11 is 5.61. The minimum atomic E-state index is -0.185. The van der Waals surface area contributed by atoms with Crippen molar-refractivity contribution in [3.63, 3.8) is 0 Å². The Morgan fingerprint density at radius 2 is 1.74 bits per heavy atom. The Bertz CT molecular complexity index is 363. The Hall–Kier alpha value is -0.960. The summed E-state index contributed by atoms with van der Waals surface area (Å²) < 4.78 is 5.03. The molecule has 0 atom stereocenters. The van der Waals surface area contributed by atoms with E-state index < -0.39 is 0 Å². The van der Waals surface area contributed by atoms with E-state index >= 15 is 0 Å². The maximum atomic E-state index is 11.6. The van der Waals surface area contributed by atoms with Crippen LogP contribution in [0.1, 0.15) is 68.8 Å². The van der Waals surface area contributed by atoms with Gasteiger partial charge in [-0.15, -0.1) is 0 Å². The lowest BCUT2D eigenvalue weighted by atomic mass is 10.1. The summed E-state index contributed by atoms with van der Waals surface area (Å²) in [6, 6.07) is 3.16. The first-order valence-electron chi connectivity index (χ1n) is 7.27. The Labute approximate surface area is 120 Å². The quantitative estimate of drug-likeness (QED) is 0.627. The van der Waals surface area contributed by atoms with Gasteiger partial charge in [0.2, 0.25) is 0 Å². The largest absolute Gasteiger partial charge is 0.440 e. The third-order valence-corrected chi connectivity index (χ3v) is 3.32. The van der Waals surface area contributed by atoms with E-state index in [-0.39, 0.29) is 16.9 Å². The summed E-state index contributed by atoms with van der Waals surface area (Å²) in [7, 11) is 0. The normalized spacial score (nSPS) is 10.6. The molecule has 3 nitrogen and oxygen atoms in total. The first-order chi connectivity index (χ1) is 9.24. The second-order valence-corrected chi connectivity index (χ2v) is 5.21. The average molecular weight is 286 g/mol. The van der Waals surface area contributed by atoms with Crippen LogP contribution in [0.2, 0.25) is 5.22 Å². The highest BCUT2D eigenvalue weighted by molar-refractivity contribution is 6.29. The van der Waals surface area contributed by atoms with Crippen molar-refractivity contribution in [2.45, 2.75) is 58.3 Å². The van der Waals surface area contributed by atoms with E-state index in [0.717, 1.165) is 6.42 Å². The lowest BCUT2D eigenvalue weighted by molar-refractivity contribution is 0.0925. The van der Waals surface area contributed by atoms with Crippen molar-refractivity contribution >= 4 is 17.5 Å². The molecule has 19 heavy (non-hydrogen) atoms. The number of furan rings is 1. The molecule has 4 heteroatoms. The monoisotopic (exact) mass is 285 g/mol. The summed E-state index contributed by atoms with van der Waals surface area (Å²) in [5, 5.41) is 3.08. The zero-order valence-electron chi connectivity index (χ0n) is 11.7. The zero-order chi connectivity index (χ0) is 13.9. The van der Waals surface area contributed by atoms with Crippen LogP contribution in [0.4, 0.5) is 0 Å². The van der Waals surface area contributed by atoms with Crippen LogP contribution in [0.5, 0.6) is 0 Å². The maximum Gasteiger partial charge on any atom is 0.287 e. The first kappa shape index (κ1) is 16.1. The smallest absolute Gasteiger partial charge is 0.287 e. The lowest BCUT2D eigenvalue weighted by Crippen LogP contribution is -2.23. The Balaban J connectivity index is 1.95. The van der Waals surface area contributed by atoms with Crippen molar-refractivity contribution in [3.8, 4) is 0 Å². The highest BCUT2D eigenvalue weighted by atomic mass is 35.5. The van der Waals surface area contributed by atoms with Crippen LogP contribution in [0.15, 0.2) is 16.5 Å². The molecular formula is C15H24ClNO2. The Morgan fingerprint density at radius 3 is 2.32 bits per heavy atom. The minimum absolute atomic E-state index is 0.185. The van der Waals surface area contributed by atoms with Crippen LogP contribution in [0.3, 0.4) is 0 Å². The molecule has 0 unspecified atom stereocenters. The predicted octanol–water partition coefficient (Wildman–Crippen LogP) is 4.80. The van der Waals surface area contributed by atoms with Gasteiger partial charge in [-0.05, 0) is 30.2 Å². The zero-order valence-corrected chi connectivity index (χ0v) is 12.5. The highest BCUT2D eigenvalue weighted by Crippen LogP contribution is 2.13. The molecule has 1 heterocycles. The van der Waals surface area contributed by atoms with Crippen molar-refractivity contribution in [2.75, 3.05) is 6.54 Å². The van der Waals surface area contributed by atoms with Crippen molar-refractivity contribution in [1.82, 2.24) is 5.32 Å². The molecule has 1 aromatic rings. The summed E-state index contributed by atoms with van der Waals surface area (Å²) in [6.45, 7) is 2.93. The van der Waals surface area contributed by atoms with Gasteiger partial charge in [0.25, 0.3) is 5.91 Å². The van der Waals surface area contributed by atoms with Crippen molar-refractivity contribution in [1.29, 1.82) is 0 Å². The number of carbonyl (C=O) groups is 1. The summed E-state index contributed by atoms with van der Waals surface area (Å²) in [4.78, 5) is 11.6. The molecule has 0 radical (unpaired) electrons. The Morgan fingerprint density at radius 1 is 1.11 bits per heavy atom. The summed E-state index contributed by atoms with van der Waals surface area (Å²) in [5.74, 6) is 0.0967. The fourth-order valence-corrected chi connectivity index (χ4v) is 2.13. The molecule has 0 bridgehead atoms. The molecule has 0 aliphatic heterocycles. The van der Waals surface area contributed by atoms with E-state index in [1.807, 2.05) is 0 Å². The molecule has 0 fully saturated rings. The number of halogens is 1. The number of hydrogen-bond acceptors (Lipinski definition) is 2. The van der Waals surface area contributed by atoms with Gasteiger partial charge >= 0.3 is 0 Å². The lowest BCUT2D eigenvalue weighted by Gasteiger charge is -2.03. The van der Waals surface area contributed by atoms with E-state index in [1.54, 1.807) is 12.1 Å². The van der Waals surface area contributed by atoms with Gasteiger partial charge in [0.15, 0.2) is 11.0 Å². The fraction of sp³-hybridized carbons (Fsp3) is 0.667. The van der Waals surface area contributed by atoms with E-state index in [4.69, 9.17) is 16.0 Å². The Kier molecular flexibility index (Phi) is 8.39. The van der Waals surface area contributed by atoms with Crippen LogP contribution in [0.25, 0.3) is 0 Å². The van der Waals surface area contributed by atoms with Gasteiger partial charge in [-0.25, -0.2) is 0 Å². The van der Waals surface area contributed by atoms with Gasteiger partial charge in [-0.2, -0.15) is 0 Å². The van der Waals surface area contributed by atoms with Crippen LogP contribution in [-0.2, 0) is 0 Å². The molecule has 0 aliphatic carbocycles. The summed E-state index contributed by atoms with van der Waals surface area (Å²) in [5.41, 5.74) is 0. The molecule has 0 spiro atoms. The number of carbonyl (C=O) groups excluding carboxylic acids is 1. The second-order valence-electron chi connectivity index (χ2n) is 4.83. The van der Waals surface area contributed by atoms with Gasteiger partial charge in [0.05, 0.1) is 0 Å². The van der Waals surface area contributed by atoms with Gasteiger partial charge in [0, 0.05) is 6.54 Å². The van der Waals surface area contributed by atoms with Crippen LogP contribution >= 0.6 is 11.6 Å². The van der Waals surface area contributed by atoms with Crippen LogP contribution in [-0.4, -0.2) is 12.5 Å². The molecule has 1 aromatic heterocycles. The van der Waals surface area contributed by atoms with E-state index in [9.17, 15) is 4.79 Å². The van der Waals surface area contributed by atoms with Crippen molar-refractivity contribution in [3.05, 3.63) is 23.1 Å². The highest BCUT2D eigenvalue weighted by Gasteiger charge is 2.08. The summed E-state index contributed by atoms with van der Waals surface area (Å²) in [6.07, 6.45) is 10.1. The van der Waals surface area contributed by atoms with Gasteiger partial charge in [0.1, 0.15) is 0 Å². The van der Waals surface area contributed by atoms with Gasteiger partial charge < -0.3 is 9.73 Å². The third-order valence-electron chi connectivity index (χ3n) is 3.11. The van der Waals surface area contributed by atoms with Crippen molar-refractivity contribution < 1.29 is 9.21 Å².